The van der Waals surface area contributed by atoms with Crippen LogP contribution in [0, 0.1) is 29.6 Å². The second-order valence-electron chi connectivity index (χ2n) is 7.61. The maximum atomic E-state index is 11.8. The molecule has 2 aliphatic rings. The fraction of sp³-hybridized carbons (Fsp3) is 0.818. The van der Waals surface area contributed by atoms with Crippen LogP contribution in [-0.2, 0) is 28.5 Å². The summed E-state index contributed by atoms with van der Waals surface area (Å²) >= 11 is 0. The maximum absolute atomic E-state index is 11.8. The molecule has 1 saturated carbocycles. The fourth-order valence-corrected chi connectivity index (χ4v) is 3.67. The number of carbonyl (C=O) groups is 2. The number of nitrogens with two attached hydrogens (primary N) is 1. The highest BCUT2D eigenvalue weighted by molar-refractivity contribution is 5.73. The molecule has 0 unspecified atom stereocenters. The van der Waals surface area contributed by atoms with E-state index in [9.17, 15) is 9.59 Å². The van der Waals surface area contributed by atoms with E-state index in [1.165, 1.54) is 0 Å². The fourth-order valence-electron chi connectivity index (χ4n) is 3.67. The quantitative estimate of drug-likeness (QED) is 0.257. The first-order chi connectivity index (χ1) is 15.2. The Labute approximate surface area is 184 Å². The van der Waals surface area contributed by atoms with Gasteiger partial charge in [0, 0.05) is 25.8 Å². The number of rotatable bonds is 17. The summed E-state index contributed by atoms with van der Waals surface area (Å²) in [6.07, 6.45) is 4.02. The lowest BCUT2D eigenvalue weighted by atomic mass is 10.1. The van der Waals surface area contributed by atoms with Crippen LogP contribution in [0.2, 0.25) is 0 Å². The molecule has 176 valence electrons. The van der Waals surface area contributed by atoms with Gasteiger partial charge in [-0.3, -0.25) is 4.79 Å². The van der Waals surface area contributed by atoms with Crippen molar-refractivity contribution in [3.05, 3.63) is 0 Å². The summed E-state index contributed by atoms with van der Waals surface area (Å²) in [6.45, 7) is 4.31. The first-order valence-corrected chi connectivity index (χ1v) is 11.1. The molecule has 0 aromatic rings. The summed E-state index contributed by atoms with van der Waals surface area (Å²) in [5, 5.41) is 2.71. The van der Waals surface area contributed by atoms with Crippen molar-refractivity contribution in [3.8, 4) is 11.8 Å². The van der Waals surface area contributed by atoms with Crippen LogP contribution in [0.4, 0.5) is 4.79 Å². The molecule has 0 bridgehead atoms. The van der Waals surface area contributed by atoms with Crippen LogP contribution in [0.1, 0.15) is 32.1 Å². The average molecular weight is 441 g/mol. The lowest BCUT2D eigenvalue weighted by molar-refractivity contribution is -0.119. The molecule has 0 aromatic heterocycles. The summed E-state index contributed by atoms with van der Waals surface area (Å²) < 4.78 is 26.6. The molecule has 3 atom stereocenters. The van der Waals surface area contributed by atoms with E-state index in [4.69, 9.17) is 29.4 Å². The second-order valence-corrected chi connectivity index (χ2v) is 7.61. The Morgan fingerprint density at radius 2 is 1.32 bits per heavy atom. The highest BCUT2D eigenvalue weighted by Gasteiger charge is 2.49. The average Bonchev–Trinajstić information content (AvgIpc) is 3.38. The Hall–Kier alpha value is -1.86. The predicted molar refractivity (Wildman–Crippen MR) is 113 cm³/mol. The van der Waals surface area contributed by atoms with Gasteiger partial charge in [-0.25, -0.2) is 4.79 Å². The molecule has 2 aliphatic carbocycles. The summed E-state index contributed by atoms with van der Waals surface area (Å²) in [5.41, 5.74) is 5.00. The van der Waals surface area contributed by atoms with E-state index in [1.54, 1.807) is 0 Å². The Kier molecular flexibility index (Phi) is 13.0. The van der Waals surface area contributed by atoms with E-state index in [2.05, 4.69) is 17.2 Å². The number of carbonyl (C=O) groups excluding carboxylic acids is 2. The van der Waals surface area contributed by atoms with Crippen molar-refractivity contribution in [2.24, 2.45) is 23.5 Å². The van der Waals surface area contributed by atoms with Gasteiger partial charge in [0.15, 0.2) is 0 Å². The highest BCUT2D eigenvalue weighted by Crippen LogP contribution is 2.52. The largest absolute Gasteiger partial charge is 0.449 e. The number of fused-ring (bicyclic) bond motifs is 1. The first kappa shape index (κ1) is 25.4. The minimum Gasteiger partial charge on any atom is -0.449 e. The first-order valence-electron chi connectivity index (χ1n) is 11.1. The minimum absolute atomic E-state index is 0.220. The lowest BCUT2D eigenvalue weighted by Gasteiger charge is -2.08. The van der Waals surface area contributed by atoms with E-state index < -0.39 is 0 Å². The van der Waals surface area contributed by atoms with Crippen molar-refractivity contribution in [2.45, 2.75) is 32.1 Å². The third-order valence-corrected chi connectivity index (χ3v) is 5.37. The zero-order chi connectivity index (χ0) is 22.2. The zero-order valence-electron chi connectivity index (χ0n) is 18.3. The SMILES string of the molecule is NC(=O)CCOCCOCCOCCOCCNC(=O)OC[C@@H]1[C@@H]2CCC#CCC[C@@H]21. The molecule has 1 fully saturated rings. The van der Waals surface area contributed by atoms with Crippen LogP contribution in [0.25, 0.3) is 0 Å². The number of primary amides is 1. The van der Waals surface area contributed by atoms with Crippen molar-refractivity contribution in [3.63, 3.8) is 0 Å². The Bertz CT molecular complexity index is 572. The van der Waals surface area contributed by atoms with Crippen LogP contribution in [0.3, 0.4) is 0 Å². The normalized spacial score (nSPS) is 21.7. The molecule has 0 radical (unpaired) electrons. The summed E-state index contributed by atoms with van der Waals surface area (Å²) in [4.78, 5) is 22.3. The monoisotopic (exact) mass is 440 g/mol. The van der Waals surface area contributed by atoms with Gasteiger partial charge in [0.1, 0.15) is 0 Å². The van der Waals surface area contributed by atoms with Crippen LogP contribution in [-0.4, -0.2) is 78.0 Å². The van der Waals surface area contributed by atoms with E-state index >= 15 is 0 Å². The van der Waals surface area contributed by atoms with Crippen molar-refractivity contribution in [1.29, 1.82) is 0 Å². The molecule has 2 rings (SSSR count). The highest BCUT2D eigenvalue weighted by atomic mass is 16.6. The summed E-state index contributed by atoms with van der Waals surface area (Å²) in [5.74, 6) is 7.85. The second kappa shape index (κ2) is 15.9. The van der Waals surface area contributed by atoms with Gasteiger partial charge in [0.05, 0.1) is 59.5 Å². The van der Waals surface area contributed by atoms with E-state index in [-0.39, 0.29) is 18.4 Å². The van der Waals surface area contributed by atoms with E-state index in [1.807, 2.05) is 0 Å². The minimum atomic E-state index is -0.383. The molecule has 2 amide bonds. The van der Waals surface area contributed by atoms with Crippen LogP contribution in [0.5, 0.6) is 0 Å². The number of nitrogens with one attached hydrogen (secondary N) is 1. The molecule has 3 N–H and O–H groups in total. The van der Waals surface area contributed by atoms with Gasteiger partial charge in [-0.05, 0) is 30.6 Å². The van der Waals surface area contributed by atoms with Gasteiger partial charge < -0.3 is 34.7 Å². The molecule has 9 heteroatoms. The van der Waals surface area contributed by atoms with Crippen molar-refractivity contribution in [1.82, 2.24) is 5.32 Å². The van der Waals surface area contributed by atoms with Gasteiger partial charge in [0.2, 0.25) is 5.91 Å². The summed E-state index contributed by atoms with van der Waals surface area (Å²) in [7, 11) is 0. The third-order valence-electron chi connectivity index (χ3n) is 5.37. The molecule has 0 heterocycles. The van der Waals surface area contributed by atoms with Gasteiger partial charge in [0.25, 0.3) is 0 Å². The van der Waals surface area contributed by atoms with Crippen molar-refractivity contribution < 1.29 is 33.3 Å². The maximum Gasteiger partial charge on any atom is 0.407 e. The Morgan fingerprint density at radius 1 is 0.806 bits per heavy atom. The van der Waals surface area contributed by atoms with Gasteiger partial charge in [-0.1, -0.05) is 0 Å². The van der Waals surface area contributed by atoms with Crippen molar-refractivity contribution in [2.75, 3.05) is 66.0 Å². The van der Waals surface area contributed by atoms with Crippen LogP contribution >= 0.6 is 0 Å². The van der Waals surface area contributed by atoms with E-state index in [0.717, 1.165) is 25.7 Å². The molecule has 0 spiro atoms. The Balaban J connectivity index is 1.29. The third kappa shape index (κ3) is 11.9. The number of ether oxygens (including phenoxy) is 5. The summed E-state index contributed by atoms with van der Waals surface area (Å²) in [6, 6.07) is 0. The molecule has 9 nitrogen and oxygen atoms in total. The number of hydrogen-bond acceptors (Lipinski definition) is 7. The van der Waals surface area contributed by atoms with E-state index in [0.29, 0.717) is 83.8 Å². The van der Waals surface area contributed by atoms with Crippen LogP contribution in [0.15, 0.2) is 0 Å². The smallest absolute Gasteiger partial charge is 0.407 e. The number of hydrogen-bond donors (Lipinski definition) is 2. The molecule has 0 aliphatic heterocycles. The lowest BCUT2D eigenvalue weighted by Crippen LogP contribution is -2.29. The number of alkyl carbamates (subject to hydrolysis) is 1. The zero-order valence-corrected chi connectivity index (χ0v) is 18.3. The topological polar surface area (TPSA) is 118 Å². The van der Waals surface area contributed by atoms with Crippen molar-refractivity contribution >= 4 is 12.0 Å². The van der Waals surface area contributed by atoms with Gasteiger partial charge >= 0.3 is 6.09 Å². The van der Waals surface area contributed by atoms with Gasteiger partial charge in [-0.2, -0.15) is 0 Å². The van der Waals surface area contributed by atoms with Gasteiger partial charge in [-0.15, -0.1) is 11.8 Å². The molecular formula is C22H36N2O7. The molecular weight excluding hydrogens is 404 g/mol. The standard InChI is InChI=1S/C22H36N2O7/c23-21(25)7-9-27-11-13-29-15-16-30-14-12-28-10-8-24-22(26)31-17-20-18-5-3-1-2-4-6-19(18)20/h18-20H,3-17H2,(H2,23,25)(H,24,26)/t18-,19+,20-. The Morgan fingerprint density at radius 3 is 1.87 bits per heavy atom. The predicted octanol–water partition coefficient (Wildman–Crippen LogP) is 1.09. The molecule has 0 saturated heterocycles. The van der Waals surface area contributed by atoms with Crippen LogP contribution < -0.4 is 11.1 Å². The number of amides is 2. The molecule has 31 heavy (non-hydrogen) atoms. The molecule has 0 aromatic carbocycles.